The van der Waals surface area contributed by atoms with Gasteiger partial charge in [-0.1, -0.05) is 0 Å². The summed E-state index contributed by atoms with van der Waals surface area (Å²) in [5.74, 6) is 0.309. The van der Waals surface area contributed by atoms with E-state index in [2.05, 4.69) is 0 Å². The lowest BCUT2D eigenvalue weighted by atomic mass is 10.1. The van der Waals surface area contributed by atoms with Gasteiger partial charge in [-0.3, -0.25) is 0 Å². The number of aryl methyl sites for hydroxylation is 4. The highest BCUT2D eigenvalue weighted by atomic mass is 16.7. The molecule has 0 radical (unpaired) electrons. The Hall–Kier alpha value is -3.02. The van der Waals surface area contributed by atoms with Crippen molar-refractivity contribution < 1.29 is 28.5 Å². The first kappa shape index (κ1) is 20.3. The summed E-state index contributed by atoms with van der Waals surface area (Å²) < 4.78 is 20.7. The first-order valence-corrected chi connectivity index (χ1v) is 8.43. The van der Waals surface area contributed by atoms with E-state index >= 15 is 0 Å². The molecule has 0 atom stereocenters. The summed E-state index contributed by atoms with van der Waals surface area (Å²) >= 11 is 0. The average molecular weight is 372 g/mol. The topological polar surface area (TPSA) is 71.1 Å². The van der Waals surface area contributed by atoms with Crippen LogP contribution >= 0.6 is 0 Å². The summed E-state index contributed by atoms with van der Waals surface area (Å²) in [5, 5.41) is 0. The lowest BCUT2D eigenvalue weighted by Gasteiger charge is -2.12. The predicted octanol–water partition coefficient (Wildman–Crippen LogP) is 3.91. The van der Waals surface area contributed by atoms with Crippen molar-refractivity contribution in [3.63, 3.8) is 0 Å². The molecule has 2 aromatic rings. The number of rotatable bonds is 6. The van der Waals surface area contributed by atoms with E-state index in [1.807, 2.05) is 27.7 Å². The smallest absolute Gasteiger partial charge is 0.341 e. The standard InChI is InChI=1S/C21H24O6/c1-12-7-16(8-13(2)18(12)24-5)20(22)26-11-27-21(23)17-9-14(3)19(25-6)15(4)10-17/h7-10H,11H2,1-6H3. The summed E-state index contributed by atoms with van der Waals surface area (Å²) in [7, 11) is 3.16. The maximum atomic E-state index is 12.2. The zero-order chi connectivity index (χ0) is 20.1. The van der Waals surface area contributed by atoms with Gasteiger partial charge in [-0.25, -0.2) is 9.59 Å². The number of hydrogen-bond acceptors (Lipinski definition) is 6. The van der Waals surface area contributed by atoms with E-state index in [1.54, 1.807) is 38.5 Å². The summed E-state index contributed by atoms with van der Waals surface area (Å²) in [6.45, 7) is 6.91. The van der Waals surface area contributed by atoms with Gasteiger partial charge in [-0.05, 0) is 74.2 Å². The van der Waals surface area contributed by atoms with Crippen molar-refractivity contribution in [2.24, 2.45) is 0 Å². The molecule has 2 aromatic carbocycles. The Labute approximate surface area is 159 Å². The van der Waals surface area contributed by atoms with Crippen LogP contribution in [0.5, 0.6) is 11.5 Å². The minimum atomic E-state index is -0.571. The van der Waals surface area contributed by atoms with Gasteiger partial charge in [-0.15, -0.1) is 0 Å². The molecule has 0 N–H and O–H groups in total. The van der Waals surface area contributed by atoms with Crippen molar-refractivity contribution in [2.45, 2.75) is 27.7 Å². The lowest BCUT2D eigenvalue weighted by molar-refractivity contribution is -0.0167. The highest BCUT2D eigenvalue weighted by Crippen LogP contribution is 2.25. The van der Waals surface area contributed by atoms with Gasteiger partial charge in [0, 0.05) is 0 Å². The summed E-state index contributed by atoms with van der Waals surface area (Å²) in [6, 6.07) is 6.69. The van der Waals surface area contributed by atoms with Crippen LogP contribution < -0.4 is 9.47 Å². The van der Waals surface area contributed by atoms with E-state index in [0.29, 0.717) is 11.1 Å². The molecule has 0 unspecified atom stereocenters. The second-order valence-corrected chi connectivity index (χ2v) is 6.27. The quantitative estimate of drug-likeness (QED) is 0.566. The zero-order valence-corrected chi connectivity index (χ0v) is 16.5. The molecular weight excluding hydrogens is 348 g/mol. The Morgan fingerprint density at radius 2 is 0.963 bits per heavy atom. The van der Waals surface area contributed by atoms with Crippen LogP contribution in [-0.2, 0) is 9.47 Å². The van der Waals surface area contributed by atoms with E-state index in [4.69, 9.17) is 18.9 Å². The number of carbonyl (C=O) groups is 2. The normalized spacial score (nSPS) is 10.3. The fourth-order valence-corrected chi connectivity index (χ4v) is 3.08. The molecule has 0 aliphatic carbocycles. The van der Waals surface area contributed by atoms with Crippen molar-refractivity contribution in [2.75, 3.05) is 21.0 Å². The van der Waals surface area contributed by atoms with Gasteiger partial charge in [0.25, 0.3) is 0 Å². The molecular formula is C21H24O6. The third kappa shape index (κ3) is 4.58. The van der Waals surface area contributed by atoms with Gasteiger partial charge < -0.3 is 18.9 Å². The van der Waals surface area contributed by atoms with Gasteiger partial charge in [0.1, 0.15) is 11.5 Å². The van der Waals surface area contributed by atoms with Gasteiger partial charge in [-0.2, -0.15) is 0 Å². The van der Waals surface area contributed by atoms with Crippen LogP contribution in [0.25, 0.3) is 0 Å². The molecule has 0 saturated carbocycles. The van der Waals surface area contributed by atoms with Crippen LogP contribution in [0, 0.1) is 27.7 Å². The number of benzene rings is 2. The largest absolute Gasteiger partial charge is 0.496 e. The Morgan fingerprint density at radius 1 is 0.667 bits per heavy atom. The van der Waals surface area contributed by atoms with Crippen molar-refractivity contribution in [1.29, 1.82) is 0 Å². The second kappa shape index (κ2) is 8.58. The fourth-order valence-electron chi connectivity index (χ4n) is 3.08. The van der Waals surface area contributed by atoms with Gasteiger partial charge >= 0.3 is 11.9 Å². The Morgan fingerprint density at radius 3 is 1.22 bits per heavy atom. The maximum absolute atomic E-state index is 12.2. The van der Waals surface area contributed by atoms with E-state index < -0.39 is 18.7 Å². The van der Waals surface area contributed by atoms with Crippen molar-refractivity contribution in [3.05, 3.63) is 57.6 Å². The summed E-state index contributed by atoms with van der Waals surface area (Å²) in [6.07, 6.45) is 0. The average Bonchev–Trinajstić information content (AvgIpc) is 2.60. The van der Waals surface area contributed by atoms with Crippen LogP contribution in [0.3, 0.4) is 0 Å². The van der Waals surface area contributed by atoms with E-state index in [0.717, 1.165) is 33.8 Å². The third-order valence-corrected chi connectivity index (χ3v) is 4.18. The maximum Gasteiger partial charge on any atom is 0.341 e. The molecule has 0 bridgehead atoms. The number of carbonyl (C=O) groups excluding carboxylic acids is 2. The molecule has 0 amide bonds. The number of ether oxygens (including phenoxy) is 4. The highest BCUT2D eigenvalue weighted by molar-refractivity contribution is 5.91. The van der Waals surface area contributed by atoms with E-state index in [1.165, 1.54) is 0 Å². The molecule has 144 valence electrons. The SMILES string of the molecule is COc1c(C)cc(C(=O)OCOC(=O)c2cc(C)c(OC)c(C)c2)cc1C. The molecule has 6 nitrogen and oxygen atoms in total. The Balaban J connectivity index is 2.00. The number of esters is 2. The molecule has 2 rings (SSSR count). The van der Waals surface area contributed by atoms with E-state index in [9.17, 15) is 9.59 Å². The minimum absolute atomic E-state index is 0.373. The fraction of sp³-hybridized carbons (Fsp3) is 0.333. The van der Waals surface area contributed by atoms with Crippen LogP contribution in [0.15, 0.2) is 24.3 Å². The molecule has 0 spiro atoms. The monoisotopic (exact) mass is 372 g/mol. The van der Waals surface area contributed by atoms with Crippen LogP contribution in [0.1, 0.15) is 43.0 Å². The molecule has 0 aromatic heterocycles. The van der Waals surface area contributed by atoms with Crippen LogP contribution in [-0.4, -0.2) is 33.0 Å². The first-order chi connectivity index (χ1) is 12.8. The molecule has 27 heavy (non-hydrogen) atoms. The Bertz CT molecular complexity index is 751. The molecule has 0 aliphatic heterocycles. The van der Waals surface area contributed by atoms with Gasteiger partial charge in [0.15, 0.2) is 0 Å². The molecule has 6 heteroatoms. The van der Waals surface area contributed by atoms with Crippen molar-refractivity contribution in [1.82, 2.24) is 0 Å². The van der Waals surface area contributed by atoms with Crippen LogP contribution in [0.2, 0.25) is 0 Å². The molecule has 0 fully saturated rings. The predicted molar refractivity (Wildman–Crippen MR) is 101 cm³/mol. The van der Waals surface area contributed by atoms with E-state index in [-0.39, 0.29) is 0 Å². The summed E-state index contributed by atoms with van der Waals surface area (Å²) in [5.41, 5.74) is 4.04. The first-order valence-electron chi connectivity index (χ1n) is 8.43. The van der Waals surface area contributed by atoms with Crippen LogP contribution in [0.4, 0.5) is 0 Å². The van der Waals surface area contributed by atoms with Crippen molar-refractivity contribution in [3.8, 4) is 11.5 Å². The lowest BCUT2D eigenvalue weighted by Crippen LogP contribution is -2.14. The molecule has 0 saturated heterocycles. The molecule has 0 aliphatic rings. The zero-order valence-electron chi connectivity index (χ0n) is 16.5. The molecule has 0 heterocycles. The minimum Gasteiger partial charge on any atom is -0.496 e. The summed E-state index contributed by atoms with van der Waals surface area (Å²) in [4.78, 5) is 24.4. The van der Waals surface area contributed by atoms with Gasteiger partial charge in [0.05, 0.1) is 25.3 Å². The second-order valence-electron chi connectivity index (χ2n) is 6.27. The van der Waals surface area contributed by atoms with Gasteiger partial charge in [0.2, 0.25) is 6.79 Å². The number of methoxy groups -OCH3 is 2. The third-order valence-electron chi connectivity index (χ3n) is 4.18. The highest BCUT2D eigenvalue weighted by Gasteiger charge is 2.15. The van der Waals surface area contributed by atoms with Crippen molar-refractivity contribution >= 4 is 11.9 Å². The number of hydrogen-bond donors (Lipinski definition) is 0. The Kier molecular flexibility index (Phi) is 6.45.